The summed E-state index contributed by atoms with van der Waals surface area (Å²) in [4.78, 5) is 0. The fraction of sp³-hybridized carbons (Fsp3) is 1.00. The summed E-state index contributed by atoms with van der Waals surface area (Å²) in [7, 11) is 1.81. The third kappa shape index (κ3) is 9.76. The minimum Gasteiger partial charge on any atom is -0.396 e. The number of unbranched alkanes of at least 4 members (excludes halogenated alkanes) is 1. The zero-order chi connectivity index (χ0) is 9.94. The van der Waals surface area contributed by atoms with Crippen molar-refractivity contribution in [3.8, 4) is 0 Å². The van der Waals surface area contributed by atoms with E-state index in [9.17, 15) is 5.11 Å². The van der Waals surface area contributed by atoms with Crippen molar-refractivity contribution in [1.82, 2.24) is 5.32 Å². The van der Waals surface area contributed by atoms with Gasteiger partial charge in [-0.1, -0.05) is 0 Å². The highest BCUT2D eigenvalue weighted by Crippen LogP contribution is 1.93. The van der Waals surface area contributed by atoms with Crippen LogP contribution in [0.15, 0.2) is 0 Å². The van der Waals surface area contributed by atoms with Crippen molar-refractivity contribution in [2.24, 2.45) is 0 Å². The molecule has 13 heavy (non-hydrogen) atoms. The fourth-order valence-electron chi connectivity index (χ4n) is 0.975. The predicted molar refractivity (Wildman–Crippen MR) is 51.7 cm³/mol. The molecule has 1 unspecified atom stereocenters. The molecule has 0 rings (SSSR count). The molecule has 4 heteroatoms. The summed E-state index contributed by atoms with van der Waals surface area (Å²) in [5.41, 5.74) is 0. The summed E-state index contributed by atoms with van der Waals surface area (Å²) in [5.74, 6) is 0. The summed E-state index contributed by atoms with van der Waals surface area (Å²) in [6.07, 6.45) is 2.03. The summed E-state index contributed by atoms with van der Waals surface area (Å²) < 4.78 is 5.25. The van der Waals surface area contributed by atoms with Gasteiger partial charge in [-0.2, -0.15) is 0 Å². The largest absolute Gasteiger partial charge is 0.396 e. The number of ether oxygens (including phenoxy) is 1. The van der Waals surface area contributed by atoms with Gasteiger partial charge >= 0.3 is 0 Å². The van der Waals surface area contributed by atoms with Gasteiger partial charge in [0.25, 0.3) is 0 Å². The Kier molecular flexibility index (Phi) is 9.80. The van der Waals surface area contributed by atoms with E-state index in [0.29, 0.717) is 26.2 Å². The average Bonchev–Trinajstić information content (AvgIpc) is 2.11. The molecule has 0 spiro atoms. The van der Waals surface area contributed by atoms with Crippen molar-refractivity contribution in [3.63, 3.8) is 0 Å². The van der Waals surface area contributed by atoms with Crippen LogP contribution in [0.1, 0.15) is 19.3 Å². The van der Waals surface area contributed by atoms with Crippen molar-refractivity contribution < 1.29 is 14.9 Å². The Bertz CT molecular complexity index is 101. The molecule has 0 aromatic heterocycles. The van der Waals surface area contributed by atoms with Crippen LogP contribution in [0.3, 0.4) is 0 Å². The first-order valence-corrected chi connectivity index (χ1v) is 4.82. The maximum atomic E-state index is 9.27. The lowest BCUT2D eigenvalue weighted by Gasteiger charge is -2.09. The van der Waals surface area contributed by atoms with Crippen LogP contribution in [0.2, 0.25) is 0 Å². The number of aliphatic hydroxyl groups excluding tert-OH is 2. The zero-order valence-electron chi connectivity index (χ0n) is 8.33. The van der Waals surface area contributed by atoms with E-state index in [4.69, 9.17) is 9.84 Å². The SMILES string of the molecule is CNCC(O)CCOCCCCO. The summed E-state index contributed by atoms with van der Waals surface area (Å²) in [6.45, 7) is 2.10. The van der Waals surface area contributed by atoms with Crippen LogP contribution in [-0.4, -0.2) is 49.7 Å². The highest BCUT2D eigenvalue weighted by atomic mass is 16.5. The van der Waals surface area contributed by atoms with Gasteiger partial charge in [0, 0.05) is 26.4 Å². The van der Waals surface area contributed by atoms with Gasteiger partial charge in [-0.15, -0.1) is 0 Å². The van der Waals surface area contributed by atoms with Gasteiger partial charge in [-0.05, 0) is 26.3 Å². The fourth-order valence-corrected chi connectivity index (χ4v) is 0.975. The minimum atomic E-state index is -0.317. The molecular formula is C9H21NO3. The standard InChI is InChI=1S/C9H21NO3/c1-10-8-9(12)4-7-13-6-3-2-5-11/h9-12H,2-8H2,1H3. The highest BCUT2D eigenvalue weighted by Gasteiger charge is 2.01. The Labute approximate surface area is 79.9 Å². The van der Waals surface area contributed by atoms with E-state index in [2.05, 4.69) is 5.32 Å². The molecule has 0 amide bonds. The molecule has 0 aliphatic heterocycles. The second-order valence-corrected chi connectivity index (χ2v) is 3.04. The highest BCUT2D eigenvalue weighted by molar-refractivity contribution is 4.56. The van der Waals surface area contributed by atoms with Crippen molar-refractivity contribution in [3.05, 3.63) is 0 Å². The Hall–Kier alpha value is -0.160. The summed E-state index contributed by atoms with van der Waals surface area (Å²) >= 11 is 0. The molecule has 0 aliphatic carbocycles. The van der Waals surface area contributed by atoms with Gasteiger partial charge in [0.1, 0.15) is 0 Å². The number of likely N-dealkylation sites (N-methyl/N-ethyl adjacent to an activating group) is 1. The molecule has 0 aliphatic rings. The van der Waals surface area contributed by atoms with E-state index in [0.717, 1.165) is 12.8 Å². The number of hydrogen-bond donors (Lipinski definition) is 3. The second kappa shape index (κ2) is 9.92. The lowest BCUT2D eigenvalue weighted by molar-refractivity contribution is 0.0787. The molecule has 0 saturated heterocycles. The van der Waals surface area contributed by atoms with E-state index >= 15 is 0 Å². The molecule has 0 aromatic rings. The van der Waals surface area contributed by atoms with Crippen LogP contribution < -0.4 is 5.32 Å². The molecule has 1 atom stereocenters. The topological polar surface area (TPSA) is 61.7 Å². The molecular weight excluding hydrogens is 170 g/mol. The van der Waals surface area contributed by atoms with E-state index in [1.54, 1.807) is 0 Å². The first-order chi connectivity index (χ1) is 6.31. The van der Waals surface area contributed by atoms with Crippen LogP contribution in [0.5, 0.6) is 0 Å². The maximum Gasteiger partial charge on any atom is 0.0686 e. The Morgan fingerprint density at radius 3 is 2.69 bits per heavy atom. The van der Waals surface area contributed by atoms with Gasteiger partial charge in [-0.3, -0.25) is 0 Å². The lowest BCUT2D eigenvalue weighted by atomic mass is 10.2. The molecule has 0 fully saturated rings. The van der Waals surface area contributed by atoms with E-state index in [1.807, 2.05) is 7.05 Å². The van der Waals surface area contributed by atoms with Crippen molar-refractivity contribution in [2.45, 2.75) is 25.4 Å². The second-order valence-electron chi connectivity index (χ2n) is 3.04. The third-order valence-corrected chi connectivity index (χ3v) is 1.73. The van der Waals surface area contributed by atoms with Gasteiger partial charge in [0.15, 0.2) is 0 Å². The van der Waals surface area contributed by atoms with Crippen LogP contribution in [0, 0.1) is 0 Å². The summed E-state index contributed by atoms with van der Waals surface area (Å²) in [5, 5.41) is 20.6. The summed E-state index contributed by atoms with van der Waals surface area (Å²) in [6, 6.07) is 0. The molecule has 3 N–H and O–H groups in total. The van der Waals surface area contributed by atoms with Crippen molar-refractivity contribution >= 4 is 0 Å². The molecule has 0 heterocycles. The minimum absolute atomic E-state index is 0.228. The van der Waals surface area contributed by atoms with E-state index in [1.165, 1.54) is 0 Å². The number of rotatable bonds is 9. The molecule has 4 nitrogen and oxygen atoms in total. The zero-order valence-corrected chi connectivity index (χ0v) is 8.33. The van der Waals surface area contributed by atoms with Crippen molar-refractivity contribution in [1.29, 1.82) is 0 Å². The van der Waals surface area contributed by atoms with E-state index in [-0.39, 0.29) is 12.7 Å². The number of hydrogen-bond acceptors (Lipinski definition) is 4. The number of nitrogens with one attached hydrogen (secondary N) is 1. The Balaban J connectivity index is 2.97. The molecule has 0 radical (unpaired) electrons. The smallest absolute Gasteiger partial charge is 0.0686 e. The van der Waals surface area contributed by atoms with Crippen molar-refractivity contribution in [2.75, 3.05) is 33.4 Å². The lowest BCUT2D eigenvalue weighted by Crippen LogP contribution is -2.24. The Morgan fingerprint density at radius 2 is 2.08 bits per heavy atom. The van der Waals surface area contributed by atoms with E-state index < -0.39 is 0 Å². The molecule has 0 aromatic carbocycles. The molecule has 0 bridgehead atoms. The van der Waals surface area contributed by atoms with Gasteiger partial charge in [0.05, 0.1) is 6.10 Å². The monoisotopic (exact) mass is 191 g/mol. The first-order valence-electron chi connectivity index (χ1n) is 4.82. The van der Waals surface area contributed by atoms with Crippen LogP contribution in [0.4, 0.5) is 0 Å². The van der Waals surface area contributed by atoms with Gasteiger partial charge in [0.2, 0.25) is 0 Å². The maximum absolute atomic E-state index is 9.27. The third-order valence-electron chi connectivity index (χ3n) is 1.73. The normalized spacial score (nSPS) is 13.2. The van der Waals surface area contributed by atoms with Crippen LogP contribution in [0.25, 0.3) is 0 Å². The predicted octanol–water partition coefficient (Wildman–Crippen LogP) is -0.254. The Morgan fingerprint density at radius 1 is 1.31 bits per heavy atom. The molecule has 0 saturated carbocycles. The van der Waals surface area contributed by atoms with Gasteiger partial charge in [-0.25, -0.2) is 0 Å². The quantitative estimate of drug-likeness (QED) is 0.440. The van der Waals surface area contributed by atoms with Crippen LogP contribution >= 0.6 is 0 Å². The van der Waals surface area contributed by atoms with Crippen LogP contribution in [-0.2, 0) is 4.74 Å². The average molecular weight is 191 g/mol. The molecule has 80 valence electrons. The van der Waals surface area contributed by atoms with Gasteiger partial charge < -0.3 is 20.3 Å². The number of aliphatic hydroxyl groups is 2. The first kappa shape index (κ1) is 12.8.